The third-order valence-corrected chi connectivity index (χ3v) is 2.55. The van der Waals surface area contributed by atoms with Gasteiger partial charge >= 0.3 is 0 Å². The Balaban J connectivity index is 3.91. The molecule has 80 valence electrons. The molecule has 0 aromatic carbocycles. The fraction of sp³-hybridized carbons (Fsp3) is 0.538. The first-order valence-corrected chi connectivity index (χ1v) is 5.20. The van der Waals surface area contributed by atoms with Crippen molar-refractivity contribution >= 4 is 0 Å². The van der Waals surface area contributed by atoms with Gasteiger partial charge in [-0.2, -0.15) is 0 Å². The SMILES string of the molecule is C=C(CC/C=C(\C)C(C)C)C(=C)NC. The Morgan fingerprint density at radius 3 is 2.36 bits per heavy atom. The van der Waals surface area contributed by atoms with Gasteiger partial charge in [-0.15, -0.1) is 0 Å². The fourth-order valence-electron chi connectivity index (χ4n) is 1.04. The van der Waals surface area contributed by atoms with Crippen molar-refractivity contribution in [1.82, 2.24) is 5.32 Å². The van der Waals surface area contributed by atoms with Crippen LogP contribution in [0.15, 0.2) is 36.1 Å². The van der Waals surface area contributed by atoms with E-state index >= 15 is 0 Å². The lowest BCUT2D eigenvalue weighted by molar-refractivity contribution is 0.758. The van der Waals surface area contributed by atoms with E-state index in [-0.39, 0.29) is 0 Å². The van der Waals surface area contributed by atoms with Gasteiger partial charge in [0.25, 0.3) is 0 Å². The summed E-state index contributed by atoms with van der Waals surface area (Å²) < 4.78 is 0. The van der Waals surface area contributed by atoms with Gasteiger partial charge in [-0.25, -0.2) is 0 Å². The Morgan fingerprint density at radius 1 is 1.36 bits per heavy atom. The van der Waals surface area contributed by atoms with Crippen LogP contribution < -0.4 is 5.32 Å². The van der Waals surface area contributed by atoms with Crippen molar-refractivity contribution in [1.29, 1.82) is 0 Å². The van der Waals surface area contributed by atoms with Gasteiger partial charge in [0, 0.05) is 12.7 Å². The number of rotatable bonds is 6. The Morgan fingerprint density at radius 2 is 1.93 bits per heavy atom. The lowest BCUT2D eigenvalue weighted by atomic mass is 10.0. The van der Waals surface area contributed by atoms with E-state index in [0.717, 1.165) is 24.1 Å². The maximum absolute atomic E-state index is 3.98. The number of nitrogens with one attached hydrogen (secondary N) is 1. The molecule has 0 atom stereocenters. The molecule has 0 aromatic rings. The van der Waals surface area contributed by atoms with Crippen LogP contribution in [-0.4, -0.2) is 7.05 Å². The van der Waals surface area contributed by atoms with E-state index in [2.05, 4.69) is 45.3 Å². The van der Waals surface area contributed by atoms with Crippen LogP contribution in [0.1, 0.15) is 33.6 Å². The highest BCUT2D eigenvalue weighted by atomic mass is 14.8. The molecule has 0 aliphatic rings. The summed E-state index contributed by atoms with van der Waals surface area (Å²) in [7, 11) is 1.88. The standard InChI is InChI=1S/C13H23N/c1-10(2)11(3)8-7-9-12(4)13(5)14-6/h8,10,14H,4-5,7,9H2,1-3,6H3/b11-8+. The van der Waals surface area contributed by atoms with Gasteiger partial charge < -0.3 is 5.32 Å². The normalized spacial score (nSPS) is 11.6. The quantitative estimate of drug-likeness (QED) is 0.501. The molecule has 0 unspecified atom stereocenters. The fourth-order valence-corrected chi connectivity index (χ4v) is 1.04. The maximum Gasteiger partial charge on any atom is 0.0291 e. The molecule has 0 aliphatic carbocycles. The third-order valence-electron chi connectivity index (χ3n) is 2.55. The minimum Gasteiger partial charge on any atom is -0.388 e. The predicted molar refractivity (Wildman–Crippen MR) is 65.2 cm³/mol. The van der Waals surface area contributed by atoms with E-state index in [1.165, 1.54) is 5.57 Å². The summed E-state index contributed by atoms with van der Waals surface area (Å²) in [6.07, 6.45) is 4.34. The van der Waals surface area contributed by atoms with Crippen LogP contribution in [0.4, 0.5) is 0 Å². The van der Waals surface area contributed by atoms with Crippen LogP contribution in [0.5, 0.6) is 0 Å². The van der Waals surface area contributed by atoms with E-state index in [1.54, 1.807) is 0 Å². The average Bonchev–Trinajstić information content (AvgIpc) is 2.15. The summed E-state index contributed by atoms with van der Waals surface area (Å²) in [6, 6.07) is 0. The molecule has 1 N–H and O–H groups in total. The minimum atomic E-state index is 0.649. The highest BCUT2D eigenvalue weighted by Crippen LogP contribution is 2.14. The summed E-state index contributed by atoms with van der Waals surface area (Å²) in [6.45, 7) is 14.5. The van der Waals surface area contributed by atoms with Crippen molar-refractivity contribution in [2.75, 3.05) is 7.05 Å². The van der Waals surface area contributed by atoms with Crippen molar-refractivity contribution in [2.24, 2.45) is 5.92 Å². The Bertz CT molecular complexity index is 234. The minimum absolute atomic E-state index is 0.649. The molecule has 0 aliphatic heterocycles. The molecule has 0 rings (SSSR count). The number of hydrogen-bond donors (Lipinski definition) is 1. The van der Waals surface area contributed by atoms with Gasteiger partial charge in [0.2, 0.25) is 0 Å². The molecule has 0 saturated carbocycles. The van der Waals surface area contributed by atoms with Crippen LogP contribution in [0, 0.1) is 5.92 Å². The first kappa shape index (κ1) is 13.0. The third kappa shape index (κ3) is 4.90. The lowest BCUT2D eigenvalue weighted by Crippen LogP contribution is -2.05. The summed E-state index contributed by atoms with van der Waals surface area (Å²) >= 11 is 0. The van der Waals surface area contributed by atoms with E-state index < -0.39 is 0 Å². The summed E-state index contributed by atoms with van der Waals surface area (Å²) in [5.74, 6) is 0.649. The van der Waals surface area contributed by atoms with Crippen molar-refractivity contribution in [3.63, 3.8) is 0 Å². The van der Waals surface area contributed by atoms with Crippen LogP contribution in [0.2, 0.25) is 0 Å². The molecule has 0 aromatic heterocycles. The molecule has 0 amide bonds. The summed E-state index contributed by atoms with van der Waals surface area (Å²) in [5.41, 5.74) is 3.49. The zero-order valence-corrected chi connectivity index (χ0v) is 9.98. The second-order valence-electron chi connectivity index (χ2n) is 3.97. The molecule has 1 nitrogen and oxygen atoms in total. The maximum atomic E-state index is 3.98. The Labute approximate surface area is 88.6 Å². The summed E-state index contributed by atoms with van der Waals surface area (Å²) in [4.78, 5) is 0. The predicted octanol–water partition coefficient (Wildman–Crippen LogP) is 3.66. The number of allylic oxidation sites excluding steroid dienone is 3. The van der Waals surface area contributed by atoms with Crippen LogP contribution >= 0.6 is 0 Å². The van der Waals surface area contributed by atoms with E-state index in [9.17, 15) is 0 Å². The molecule has 0 fully saturated rings. The molecule has 1 heteroatoms. The van der Waals surface area contributed by atoms with Crippen molar-refractivity contribution in [3.8, 4) is 0 Å². The molecule has 0 heterocycles. The number of hydrogen-bond acceptors (Lipinski definition) is 1. The van der Waals surface area contributed by atoms with Gasteiger partial charge in [-0.3, -0.25) is 0 Å². The van der Waals surface area contributed by atoms with Crippen molar-refractivity contribution in [3.05, 3.63) is 36.1 Å². The zero-order chi connectivity index (χ0) is 11.1. The molecule has 0 bridgehead atoms. The van der Waals surface area contributed by atoms with E-state index in [4.69, 9.17) is 0 Å². The molecule has 0 spiro atoms. The molecular formula is C13H23N. The molecule has 0 radical (unpaired) electrons. The molecular weight excluding hydrogens is 170 g/mol. The number of likely N-dealkylation sites (N-methyl/N-ethyl adjacent to an activating group) is 1. The highest BCUT2D eigenvalue weighted by Gasteiger charge is 1.98. The monoisotopic (exact) mass is 193 g/mol. The van der Waals surface area contributed by atoms with Crippen molar-refractivity contribution < 1.29 is 0 Å². The Hall–Kier alpha value is -0.980. The Kier molecular flexibility index (Phi) is 6.02. The van der Waals surface area contributed by atoms with Crippen molar-refractivity contribution in [2.45, 2.75) is 33.6 Å². The second kappa shape index (κ2) is 6.47. The van der Waals surface area contributed by atoms with Gasteiger partial charge in [0.05, 0.1) is 0 Å². The topological polar surface area (TPSA) is 12.0 Å². The van der Waals surface area contributed by atoms with Crippen LogP contribution in [0.25, 0.3) is 0 Å². The van der Waals surface area contributed by atoms with Gasteiger partial charge in [0.1, 0.15) is 0 Å². The van der Waals surface area contributed by atoms with Crippen LogP contribution in [0.3, 0.4) is 0 Å². The molecule has 0 saturated heterocycles. The molecule has 14 heavy (non-hydrogen) atoms. The van der Waals surface area contributed by atoms with Gasteiger partial charge in [-0.05, 0) is 31.3 Å². The first-order chi connectivity index (χ1) is 6.49. The van der Waals surface area contributed by atoms with E-state index in [0.29, 0.717) is 5.92 Å². The largest absolute Gasteiger partial charge is 0.388 e. The smallest absolute Gasteiger partial charge is 0.0291 e. The van der Waals surface area contributed by atoms with Gasteiger partial charge in [0.15, 0.2) is 0 Å². The second-order valence-corrected chi connectivity index (χ2v) is 3.97. The van der Waals surface area contributed by atoms with Gasteiger partial charge in [-0.1, -0.05) is 38.7 Å². The highest BCUT2D eigenvalue weighted by molar-refractivity contribution is 5.23. The first-order valence-electron chi connectivity index (χ1n) is 5.20. The zero-order valence-electron chi connectivity index (χ0n) is 9.98. The van der Waals surface area contributed by atoms with E-state index in [1.807, 2.05) is 7.05 Å². The lowest BCUT2D eigenvalue weighted by Gasteiger charge is -2.08. The average molecular weight is 193 g/mol. The summed E-state index contributed by atoms with van der Waals surface area (Å²) in [5, 5.41) is 3.01. The van der Waals surface area contributed by atoms with Crippen LogP contribution in [-0.2, 0) is 0 Å².